The Labute approximate surface area is 182 Å². The molecule has 1 unspecified atom stereocenters. The van der Waals surface area contributed by atoms with Gasteiger partial charge in [0.05, 0.1) is 16.3 Å². The predicted molar refractivity (Wildman–Crippen MR) is 122 cm³/mol. The Kier molecular flexibility index (Phi) is 5.41. The highest BCUT2D eigenvalue weighted by Gasteiger charge is 2.36. The smallest absolute Gasteiger partial charge is 0.264 e. The molecule has 8 heteroatoms. The zero-order chi connectivity index (χ0) is 22.2. The van der Waals surface area contributed by atoms with Crippen LogP contribution in [0, 0.1) is 0 Å². The van der Waals surface area contributed by atoms with E-state index in [4.69, 9.17) is 0 Å². The number of carbonyl (C=O) groups is 1. The fourth-order valence-electron chi connectivity index (χ4n) is 3.86. The second-order valence-corrected chi connectivity index (χ2v) is 9.55. The van der Waals surface area contributed by atoms with Crippen LogP contribution in [0.15, 0.2) is 71.8 Å². The molecule has 2 aromatic carbocycles. The molecule has 0 aliphatic carbocycles. The first kappa shape index (κ1) is 20.9. The highest BCUT2D eigenvalue weighted by atomic mass is 32.2. The number of pyridine rings is 1. The van der Waals surface area contributed by atoms with Crippen LogP contribution in [0.1, 0.15) is 22.8 Å². The van der Waals surface area contributed by atoms with Crippen LogP contribution in [-0.4, -0.2) is 39.4 Å². The lowest BCUT2D eigenvalue weighted by atomic mass is 10.1. The Hall–Kier alpha value is -3.39. The lowest BCUT2D eigenvalue weighted by molar-refractivity contribution is 0.102. The molecule has 1 N–H and O–H groups in total. The van der Waals surface area contributed by atoms with E-state index < -0.39 is 15.9 Å². The summed E-state index contributed by atoms with van der Waals surface area (Å²) in [7, 11) is -0.152. The van der Waals surface area contributed by atoms with E-state index in [0.717, 1.165) is 5.56 Å². The molecule has 1 aromatic heterocycles. The Morgan fingerprint density at radius 3 is 2.65 bits per heavy atom. The fraction of sp³-hybridized carbons (Fsp3) is 0.217. The SMILES string of the molecule is CC1Cc2ccccc2N1S(=O)(=O)c1cccc(C(=O)Nc2cccnc2N(C)C)c1. The van der Waals surface area contributed by atoms with Crippen LogP contribution in [0.25, 0.3) is 0 Å². The minimum atomic E-state index is -3.82. The van der Waals surface area contributed by atoms with Crippen molar-refractivity contribution >= 4 is 33.1 Å². The molecule has 1 aliphatic rings. The van der Waals surface area contributed by atoms with Gasteiger partial charge in [0.2, 0.25) is 0 Å². The molecular formula is C23H24N4O3S. The monoisotopic (exact) mass is 436 g/mol. The number of benzene rings is 2. The number of aromatic nitrogens is 1. The van der Waals surface area contributed by atoms with E-state index in [1.165, 1.54) is 16.4 Å². The number of nitrogens with zero attached hydrogens (tertiary/aromatic N) is 3. The summed E-state index contributed by atoms with van der Waals surface area (Å²) in [4.78, 5) is 19.0. The Balaban J connectivity index is 1.65. The van der Waals surface area contributed by atoms with Gasteiger partial charge < -0.3 is 10.2 Å². The van der Waals surface area contributed by atoms with Crippen LogP contribution in [0.2, 0.25) is 0 Å². The third-order valence-electron chi connectivity index (χ3n) is 5.26. The molecule has 7 nitrogen and oxygen atoms in total. The summed E-state index contributed by atoms with van der Waals surface area (Å²) in [5, 5.41) is 2.83. The first-order valence-corrected chi connectivity index (χ1v) is 11.4. The van der Waals surface area contributed by atoms with Crippen molar-refractivity contribution in [3.8, 4) is 0 Å². The molecule has 3 aromatic rings. The van der Waals surface area contributed by atoms with Gasteiger partial charge in [-0.2, -0.15) is 0 Å². The molecule has 0 fully saturated rings. The van der Waals surface area contributed by atoms with E-state index in [1.54, 1.807) is 35.4 Å². The van der Waals surface area contributed by atoms with Crippen LogP contribution in [0.4, 0.5) is 17.2 Å². The zero-order valence-corrected chi connectivity index (χ0v) is 18.4. The first-order chi connectivity index (χ1) is 14.8. The number of hydrogen-bond acceptors (Lipinski definition) is 5. The molecule has 0 radical (unpaired) electrons. The average molecular weight is 437 g/mol. The number of nitrogens with one attached hydrogen (secondary N) is 1. The lowest BCUT2D eigenvalue weighted by Gasteiger charge is -2.24. The van der Waals surface area contributed by atoms with Crippen LogP contribution in [-0.2, 0) is 16.4 Å². The van der Waals surface area contributed by atoms with Gasteiger partial charge in [-0.15, -0.1) is 0 Å². The number of anilines is 3. The Morgan fingerprint density at radius 2 is 1.87 bits per heavy atom. The topological polar surface area (TPSA) is 82.6 Å². The third-order valence-corrected chi connectivity index (χ3v) is 7.18. The molecule has 0 saturated carbocycles. The maximum atomic E-state index is 13.5. The Bertz CT molecular complexity index is 1240. The lowest BCUT2D eigenvalue weighted by Crippen LogP contribution is -2.35. The molecule has 1 amide bonds. The molecule has 2 heterocycles. The van der Waals surface area contributed by atoms with Gasteiger partial charge in [0, 0.05) is 31.9 Å². The van der Waals surface area contributed by atoms with E-state index in [1.807, 2.05) is 45.3 Å². The molecule has 0 bridgehead atoms. The van der Waals surface area contributed by atoms with Crippen LogP contribution in [0.3, 0.4) is 0 Å². The number of sulfonamides is 1. The molecule has 4 rings (SSSR count). The van der Waals surface area contributed by atoms with Gasteiger partial charge in [0.1, 0.15) is 0 Å². The quantitative estimate of drug-likeness (QED) is 0.662. The molecule has 1 atom stereocenters. The van der Waals surface area contributed by atoms with Gasteiger partial charge >= 0.3 is 0 Å². The number of carbonyl (C=O) groups excluding carboxylic acids is 1. The maximum Gasteiger partial charge on any atom is 0.264 e. The summed E-state index contributed by atoms with van der Waals surface area (Å²) in [6.07, 6.45) is 2.30. The number of para-hydroxylation sites is 1. The van der Waals surface area contributed by atoms with Crippen LogP contribution < -0.4 is 14.5 Å². The Morgan fingerprint density at radius 1 is 1.10 bits per heavy atom. The van der Waals surface area contributed by atoms with Gasteiger partial charge in [-0.05, 0) is 55.3 Å². The number of amides is 1. The molecule has 0 saturated heterocycles. The van der Waals surface area contributed by atoms with Gasteiger partial charge in [0.25, 0.3) is 15.9 Å². The summed E-state index contributed by atoms with van der Waals surface area (Å²) in [5.74, 6) is 0.213. The first-order valence-electron chi connectivity index (χ1n) is 9.95. The third kappa shape index (κ3) is 3.86. The maximum absolute atomic E-state index is 13.5. The molecule has 160 valence electrons. The highest BCUT2D eigenvalue weighted by molar-refractivity contribution is 7.92. The van der Waals surface area contributed by atoms with Gasteiger partial charge in [-0.1, -0.05) is 24.3 Å². The zero-order valence-electron chi connectivity index (χ0n) is 17.6. The fourth-order valence-corrected chi connectivity index (χ4v) is 5.60. The van der Waals surface area contributed by atoms with Crippen molar-refractivity contribution in [2.75, 3.05) is 28.6 Å². The van der Waals surface area contributed by atoms with Crippen LogP contribution >= 0.6 is 0 Å². The van der Waals surface area contributed by atoms with Gasteiger partial charge in [0.15, 0.2) is 5.82 Å². The van der Waals surface area contributed by atoms with Crippen LogP contribution in [0.5, 0.6) is 0 Å². The number of fused-ring (bicyclic) bond motifs is 1. The molecule has 1 aliphatic heterocycles. The number of rotatable bonds is 5. The minimum Gasteiger partial charge on any atom is -0.361 e. The second kappa shape index (κ2) is 8.03. The second-order valence-electron chi connectivity index (χ2n) is 7.73. The summed E-state index contributed by atoms with van der Waals surface area (Å²) in [6.45, 7) is 1.89. The summed E-state index contributed by atoms with van der Waals surface area (Å²) < 4.78 is 28.4. The van der Waals surface area contributed by atoms with Crippen molar-refractivity contribution in [3.63, 3.8) is 0 Å². The van der Waals surface area contributed by atoms with Crippen molar-refractivity contribution in [1.29, 1.82) is 0 Å². The molecular weight excluding hydrogens is 412 g/mol. The van der Waals surface area contributed by atoms with Crippen molar-refractivity contribution in [2.45, 2.75) is 24.3 Å². The minimum absolute atomic E-state index is 0.0859. The van der Waals surface area contributed by atoms with E-state index in [2.05, 4.69) is 10.3 Å². The summed E-state index contributed by atoms with van der Waals surface area (Å²) in [5.41, 5.74) is 2.50. The van der Waals surface area contributed by atoms with E-state index >= 15 is 0 Å². The highest BCUT2D eigenvalue weighted by Crippen LogP contribution is 2.36. The van der Waals surface area contributed by atoms with Crippen molar-refractivity contribution < 1.29 is 13.2 Å². The van der Waals surface area contributed by atoms with Gasteiger partial charge in [-0.25, -0.2) is 13.4 Å². The van der Waals surface area contributed by atoms with Crippen molar-refractivity contribution in [2.24, 2.45) is 0 Å². The standard InChI is InChI=1S/C23H24N4O3S/c1-16-14-17-8-4-5-12-21(17)27(16)31(29,30)19-10-6-9-18(15-19)23(28)25-20-11-7-13-24-22(20)26(2)3/h4-13,15-16H,14H2,1-3H3,(H,25,28). The molecule has 31 heavy (non-hydrogen) atoms. The van der Waals surface area contributed by atoms with Gasteiger partial charge in [-0.3, -0.25) is 9.10 Å². The van der Waals surface area contributed by atoms with E-state index in [9.17, 15) is 13.2 Å². The predicted octanol–water partition coefficient (Wildman–Crippen LogP) is 3.54. The average Bonchev–Trinajstić information content (AvgIpc) is 3.10. The van der Waals surface area contributed by atoms with Crippen molar-refractivity contribution in [3.05, 3.63) is 78.0 Å². The normalized spacial score (nSPS) is 15.5. The number of hydrogen-bond donors (Lipinski definition) is 1. The summed E-state index contributed by atoms with van der Waals surface area (Å²) in [6, 6.07) is 16.9. The van der Waals surface area contributed by atoms with E-state index in [-0.39, 0.29) is 16.5 Å². The van der Waals surface area contributed by atoms with E-state index in [0.29, 0.717) is 23.6 Å². The molecule has 0 spiro atoms. The summed E-state index contributed by atoms with van der Waals surface area (Å²) >= 11 is 0. The van der Waals surface area contributed by atoms with Crippen molar-refractivity contribution in [1.82, 2.24) is 4.98 Å². The largest absolute Gasteiger partial charge is 0.361 e.